The van der Waals surface area contributed by atoms with Crippen LogP contribution in [0.2, 0.25) is 5.02 Å². The molecule has 2 heterocycles. The summed E-state index contributed by atoms with van der Waals surface area (Å²) in [5.41, 5.74) is 1.50. The van der Waals surface area contributed by atoms with Gasteiger partial charge in [-0.3, -0.25) is 9.67 Å². The van der Waals surface area contributed by atoms with E-state index in [0.29, 0.717) is 17.3 Å². The van der Waals surface area contributed by atoms with E-state index in [1.807, 2.05) is 13.8 Å². The van der Waals surface area contributed by atoms with E-state index in [2.05, 4.69) is 10.1 Å². The molecule has 20 heavy (non-hydrogen) atoms. The molecule has 0 aliphatic rings. The first-order valence-electron chi connectivity index (χ1n) is 6.06. The monoisotopic (exact) mass is 295 g/mol. The molecule has 0 unspecified atom stereocenters. The Bertz CT molecular complexity index is 640. The highest BCUT2D eigenvalue weighted by atomic mass is 35.5. The number of carboxylic acids is 1. The topological polar surface area (TPSA) is 77.2 Å². The van der Waals surface area contributed by atoms with Gasteiger partial charge in [0.2, 0.25) is 0 Å². The van der Waals surface area contributed by atoms with Gasteiger partial charge in [0.15, 0.2) is 5.75 Å². The van der Waals surface area contributed by atoms with Crippen LogP contribution in [0.3, 0.4) is 0 Å². The Morgan fingerprint density at radius 2 is 2.30 bits per heavy atom. The van der Waals surface area contributed by atoms with Crippen molar-refractivity contribution in [2.75, 3.05) is 0 Å². The van der Waals surface area contributed by atoms with Crippen LogP contribution in [0.15, 0.2) is 18.5 Å². The van der Waals surface area contributed by atoms with Crippen molar-refractivity contribution in [2.24, 2.45) is 0 Å². The van der Waals surface area contributed by atoms with Crippen LogP contribution in [0.1, 0.15) is 28.7 Å². The molecule has 2 aromatic heterocycles. The molecular formula is C13H14ClN3O3. The van der Waals surface area contributed by atoms with Crippen molar-refractivity contribution < 1.29 is 14.6 Å². The summed E-state index contributed by atoms with van der Waals surface area (Å²) in [6.45, 7) is 4.55. The van der Waals surface area contributed by atoms with E-state index in [1.54, 1.807) is 4.68 Å². The number of aryl methyl sites for hydroxylation is 2. The third kappa shape index (κ3) is 2.75. The first-order chi connectivity index (χ1) is 9.54. The molecule has 0 radical (unpaired) electrons. The van der Waals surface area contributed by atoms with Crippen molar-refractivity contribution in [1.29, 1.82) is 0 Å². The molecule has 0 aliphatic heterocycles. The van der Waals surface area contributed by atoms with Crippen LogP contribution in [-0.2, 0) is 13.2 Å². The van der Waals surface area contributed by atoms with Crippen LogP contribution in [0.4, 0.5) is 0 Å². The van der Waals surface area contributed by atoms with Crippen LogP contribution in [0.25, 0.3) is 0 Å². The molecule has 1 N–H and O–H groups in total. The number of pyridine rings is 1. The fraction of sp³-hybridized carbons (Fsp3) is 0.308. The molecule has 0 amide bonds. The van der Waals surface area contributed by atoms with E-state index < -0.39 is 5.97 Å². The molecule has 106 valence electrons. The number of aromatic nitrogens is 3. The van der Waals surface area contributed by atoms with E-state index in [1.165, 1.54) is 18.5 Å². The molecule has 0 saturated carbocycles. The quantitative estimate of drug-likeness (QED) is 0.917. The van der Waals surface area contributed by atoms with Gasteiger partial charge in [-0.05, 0) is 19.9 Å². The summed E-state index contributed by atoms with van der Waals surface area (Å²) >= 11 is 6.17. The Hall–Kier alpha value is -2.08. The molecule has 6 nitrogen and oxygen atoms in total. The van der Waals surface area contributed by atoms with Crippen molar-refractivity contribution in [2.45, 2.75) is 27.0 Å². The predicted octanol–water partition coefficient (Wildman–Crippen LogP) is 2.54. The Morgan fingerprint density at radius 3 is 2.95 bits per heavy atom. The molecule has 0 aliphatic carbocycles. The van der Waals surface area contributed by atoms with Gasteiger partial charge in [-0.15, -0.1) is 0 Å². The predicted molar refractivity (Wildman–Crippen MR) is 73.2 cm³/mol. The van der Waals surface area contributed by atoms with E-state index in [-0.39, 0.29) is 17.9 Å². The molecular weight excluding hydrogens is 282 g/mol. The maximum Gasteiger partial charge on any atom is 0.339 e. The van der Waals surface area contributed by atoms with Gasteiger partial charge in [0.25, 0.3) is 0 Å². The fourth-order valence-corrected chi connectivity index (χ4v) is 2.01. The standard InChI is InChI=1S/C13H14ClN3O3/c1-3-17-10(12(14)8(2)16-17)7-20-11-6-15-5-4-9(11)13(18)19/h4-6H,3,7H2,1-2H3,(H,18,19). The molecule has 0 saturated heterocycles. The van der Waals surface area contributed by atoms with Crippen LogP contribution in [-0.4, -0.2) is 25.8 Å². The minimum Gasteiger partial charge on any atom is -0.485 e. The van der Waals surface area contributed by atoms with Crippen molar-refractivity contribution in [3.05, 3.63) is 40.4 Å². The lowest BCUT2D eigenvalue weighted by Crippen LogP contribution is -2.08. The van der Waals surface area contributed by atoms with E-state index >= 15 is 0 Å². The number of hydrogen-bond acceptors (Lipinski definition) is 4. The lowest BCUT2D eigenvalue weighted by atomic mass is 10.2. The van der Waals surface area contributed by atoms with Gasteiger partial charge in [-0.25, -0.2) is 4.79 Å². The molecule has 0 atom stereocenters. The smallest absolute Gasteiger partial charge is 0.339 e. The van der Waals surface area contributed by atoms with Gasteiger partial charge in [0.1, 0.15) is 12.2 Å². The maximum atomic E-state index is 11.1. The number of rotatable bonds is 5. The van der Waals surface area contributed by atoms with Crippen molar-refractivity contribution >= 4 is 17.6 Å². The summed E-state index contributed by atoms with van der Waals surface area (Å²) < 4.78 is 7.26. The van der Waals surface area contributed by atoms with Crippen LogP contribution in [0.5, 0.6) is 5.75 Å². The summed E-state index contributed by atoms with van der Waals surface area (Å²) in [5.74, 6) is -0.855. The van der Waals surface area contributed by atoms with Crippen molar-refractivity contribution in [3.8, 4) is 5.75 Å². The molecule has 2 rings (SSSR count). The summed E-state index contributed by atoms with van der Waals surface area (Å²) in [6.07, 6.45) is 2.78. The minimum atomic E-state index is -1.06. The first kappa shape index (κ1) is 14.3. The second kappa shape index (κ2) is 5.92. The van der Waals surface area contributed by atoms with Crippen LogP contribution in [0, 0.1) is 6.92 Å². The number of carboxylic acid groups (broad SMARTS) is 1. The number of ether oxygens (including phenoxy) is 1. The average Bonchev–Trinajstić information content (AvgIpc) is 2.72. The van der Waals surface area contributed by atoms with Crippen LogP contribution >= 0.6 is 11.6 Å². The minimum absolute atomic E-state index is 0.0652. The van der Waals surface area contributed by atoms with Gasteiger partial charge >= 0.3 is 5.97 Å². The highest BCUT2D eigenvalue weighted by molar-refractivity contribution is 6.31. The Morgan fingerprint density at radius 1 is 1.55 bits per heavy atom. The highest BCUT2D eigenvalue weighted by Crippen LogP contribution is 2.23. The second-order valence-corrected chi connectivity index (χ2v) is 4.51. The maximum absolute atomic E-state index is 11.1. The number of halogens is 1. The van der Waals surface area contributed by atoms with Gasteiger partial charge in [-0.1, -0.05) is 11.6 Å². The zero-order valence-corrected chi connectivity index (χ0v) is 11.9. The number of aromatic carboxylic acids is 1. The van der Waals surface area contributed by atoms with Gasteiger partial charge in [0.05, 0.1) is 22.6 Å². The lowest BCUT2D eigenvalue weighted by Gasteiger charge is -2.09. The first-order valence-corrected chi connectivity index (χ1v) is 6.44. The Balaban J connectivity index is 2.23. The molecule has 0 fully saturated rings. The van der Waals surface area contributed by atoms with Crippen LogP contribution < -0.4 is 4.74 Å². The zero-order valence-electron chi connectivity index (χ0n) is 11.1. The van der Waals surface area contributed by atoms with Crippen molar-refractivity contribution in [3.63, 3.8) is 0 Å². The SMILES string of the molecule is CCn1nc(C)c(Cl)c1COc1cnccc1C(=O)O. The largest absolute Gasteiger partial charge is 0.485 e. The van der Waals surface area contributed by atoms with E-state index in [4.69, 9.17) is 21.4 Å². The van der Waals surface area contributed by atoms with Gasteiger partial charge in [-0.2, -0.15) is 5.10 Å². The third-order valence-corrected chi connectivity index (χ3v) is 3.32. The summed E-state index contributed by atoms with van der Waals surface area (Å²) in [5, 5.41) is 13.9. The van der Waals surface area contributed by atoms with Crippen molar-refractivity contribution in [1.82, 2.24) is 14.8 Å². The Labute approximate surface area is 121 Å². The average molecular weight is 296 g/mol. The normalized spacial score (nSPS) is 10.6. The van der Waals surface area contributed by atoms with E-state index in [9.17, 15) is 4.79 Å². The third-order valence-electron chi connectivity index (χ3n) is 2.83. The molecule has 0 bridgehead atoms. The lowest BCUT2D eigenvalue weighted by molar-refractivity contribution is 0.0691. The zero-order chi connectivity index (χ0) is 14.7. The Kier molecular flexibility index (Phi) is 4.24. The molecule has 0 aromatic carbocycles. The van der Waals surface area contributed by atoms with Gasteiger partial charge in [0, 0.05) is 12.7 Å². The molecule has 0 spiro atoms. The number of nitrogens with zero attached hydrogens (tertiary/aromatic N) is 3. The molecule has 2 aromatic rings. The second-order valence-electron chi connectivity index (χ2n) is 4.13. The fourth-order valence-electron chi connectivity index (χ4n) is 1.82. The summed E-state index contributed by atoms with van der Waals surface area (Å²) in [7, 11) is 0. The number of hydrogen-bond donors (Lipinski definition) is 1. The highest BCUT2D eigenvalue weighted by Gasteiger charge is 2.15. The molecule has 7 heteroatoms. The van der Waals surface area contributed by atoms with E-state index in [0.717, 1.165) is 5.69 Å². The summed E-state index contributed by atoms with van der Waals surface area (Å²) in [6, 6.07) is 1.39. The number of carbonyl (C=O) groups is 1. The summed E-state index contributed by atoms with van der Waals surface area (Å²) in [4.78, 5) is 14.9. The van der Waals surface area contributed by atoms with Gasteiger partial charge < -0.3 is 9.84 Å².